The summed E-state index contributed by atoms with van der Waals surface area (Å²) in [6.07, 6.45) is 5.72. The van der Waals surface area contributed by atoms with Crippen LogP contribution in [0.2, 0.25) is 0 Å². The molecule has 0 spiro atoms. The Kier molecular flexibility index (Phi) is 5.33. The lowest BCUT2D eigenvalue weighted by atomic mass is 9.94. The third kappa shape index (κ3) is 3.61. The van der Waals surface area contributed by atoms with E-state index in [1.54, 1.807) is 6.26 Å². The highest BCUT2D eigenvalue weighted by atomic mass is 16.3. The number of hydrogen-bond acceptors (Lipinski definition) is 3. The highest BCUT2D eigenvalue weighted by molar-refractivity contribution is 5.83. The predicted octanol–water partition coefficient (Wildman–Crippen LogP) is 4.22. The van der Waals surface area contributed by atoms with E-state index in [0.717, 1.165) is 36.3 Å². The quantitative estimate of drug-likeness (QED) is 0.619. The Morgan fingerprint density at radius 1 is 1.18 bits per heavy atom. The summed E-state index contributed by atoms with van der Waals surface area (Å²) >= 11 is 0. The van der Waals surface area contributed by atoms with Crippen molar-refractivity contribution < 1.29 is 9.21 Å². The summed E-state index contributed by atoms with van der Waals surface area (Å²) in [5.74, 6) is 0.763. The van der Waals surface area contributed by atoms with Crippen molar-refractivity contribution in [2.45, 2.75) is 51.6 Å². The Hall–Kier alpha value is -2.82. The maximum Gasteiger partial charge on any atom is 0.230 e. The lowest BCUT2D eigenvalue weighted by Gasteiger charge is -2.26. The molecule has 28 heavy (non-hydrogen) atoms. The molecule has 146 valence electrons. The van der Waals surface area contributed by atoms with E-state index in [2.05, 4.69) is 6.92 Å². The van der Waals surface area contributed by atoms with Gasteiger partial charge in [0.2, 0.25) is 5.91 Å². The normalized spacial score (nSPS) is 14.1. The molecule has 1 amide bonds. The molecule has 4 rings (SSSR count). The fourth-order valence-corrected chi connectivity index (χ4v) is 4.27. The van der Waals surface area contributed by atoms with Crippen LogP contribution in [0.15, 0.2) is 53.1 Å². The average Bonchev–Trinajstić information content (AvgIpc) is 3.44. The second-order valence-corrected chi connectivity index (χ2v) is 7.49. The number of carbonyl (C=O) groups is 1. The van der Waals surface area contributed by atoms with Crippen LogP contribution in [0.25, 0.3) is 0 Å². The van der Waals surface area contributed by atoms with E-state index in [9.17, 15) is 4.79 Å². The Morgan fingerprint density at radius 2 is 2.00 bits per heavy atom. The van der Waals surface area contributed by atoms with Crippen molar-refractivity contribution in [2.75, 3.05) is 0 Å². The zero-order valence-electron chi connectivity index (χ0n) is 16.6. The third-order valence-corrected chi connectivity index (χ3v) is 5.69. The number of aryl methyl sites for hydroxylation is 1. The average molecular weight is 377 g/mol. The highest BCUT2D eigenvalue weighted by Gasteiger charge is 2.28. The molecule has 1 aliphatic carbocycles. The molecule has 0 aliphatic heterocycles. The zero-order valence-corrected chi connectivity index (χ0v) is 16.6. The maximum absolute atomic E-state index is 13.6. The predicted molar refractivity (Wildman–Crippen MR) is 108 cm³/mol. The summed E-state index contributed by atoms with van der Waals surface area (Å²) in [5, 5.41) is 4.73. The minimum atomic E-state index is -0.159. The first-order valence-electron chi connectivity index (χ1n) is 10.1. The van der Waals surface area contributed by atoms with Crippen LogP contribution >= 0.6 is 0 Å². The van der Waals surface area contributed by atoms with E-state index >= 15 is 0 Å². The number of carbonyl (C=O) groups excluding carboxylic acids is 1. The number of furan rings is 1. The van der Waals surface area contributed by atoms with Gasteiger partial charge >= 0.3 is 0 Å². The summed E-state index contributed by atoms with van der Waals surface area (Å²) in [4.78, 5) is 15.5. The Balaban J connectivity index is 1.63. The van der Waals surface area contributed by atoms with Crippen LogP contribution in [0.3, 0.4) is 0 Å². The maximum atomic E-state index is 13.6. The van der Waals surface area contributed by atoms with Crippen molar-refractivity contribution in [3.63, 3.8) is 0 Å². The summed E-state index contributed by atoms with van der Waals surface area (Å²) in [6.45, 7) is 3.05. The van der Waals surface area contributed by atoms with Crippen molar-refractivity contribution in [2.24, 2.45) is 7.05 Å². The van der Waals surface area contributed by atoms with Crippen molar-refractivity contribution in [1.29, 1.82) is 0 Å². The van der Waals surface area contributed by atoms with E-state index < -0.39 is 0 Å². The summed E-state index contributed by atoms with van der Waals surface area (Å²) in [6, 6.07) is 13.8. The summed E-state index contributed by atoms with van der Waals surface area (Å²) in [5.41, 5.74) is 4.73. The van der Waals surface area contributed by atoms with Gasteiger partial charge in [0.05, 0.1) is 31.0 Å². The number of fused-ring (bicyclic) bond motifs is 1. The van der Waals surface area contributed by atoms with E-state index in [1.807, 2.05) is 59.1 Å². The van der Waals surface area contributed by atoms with E-state index in [1.165, 1.54) is 17.7 Å². The number of rotatable bonds is 7. The standard InChI is InChI=1S/C23H27N3O2/c1-3-19(17-9-5-4-6-10-17)23(27)26(15-18-11-8-14-28-18)16-21-20-12-7-13-22(20)25(2)24-21/h4-6,8-11,14,19H,3,7,12-13,15-16H2,1-2H3. The molecule has 0 radical (unpaired) electrons. The summed E-state index contributed by atoms with van der Waals surface area (Å²) in [7, 11) is 2.01. The lowest BCUT2D eigenvalue weighted by molar-refractivity contribution is -0.134. The molecule has 1 atom stereocenters. The first kappa shape index (κ1) is 18.5. The van der Waals surface area contributed by atoms with Crippen LogP contribution < -0.4 is 0 Å². The largest absolute Gasteiger partial charge is 0.467 e. The van der Waals surface area contributed by atoms with Gasteiger partial charge in [-0.05, 0) is 48.9 Å². The first-order chi connectivity index (χ1) is 13.7. The Labute approximate surface area is 166 Å². The molecule has 3 aromatic rings. The summed E-state index contributed by atoms with van der Waals surface area (Å²) < 4.78 is 7.54. The molecule has 5 heteroatoms. The van der Waals surface area contributed by atoms with Gasteiger partial charge in [-0.25, -0.2) is 0 Å². The number of benzene rings is 1. The van der Waals surface area contributed by atoms with Crippen LogP contribution in [0.5, 0.6) is 0 Å². The SMILES string of the molecule is CCC(C(=O)N(Cc1ccco1)Cc1nn(C)c2c1CCC2)c1ccccc1. The minimum absolute atomic E-state index is 0.127. The number of amides is 1. The molecule has 1 aliphatic rings. The molecule has 5 nitrogen and oxygen atoms in total. The van der Waals surface area contributed by atoms with Crippen molar-refractivity contribution in [1.82, 2.24) is 14.7 Å². The molecule has 0 N–H and O–H groups in total. The monoisotopic (exact) mass is 377 g/mol. The molecule has 1 unspecified atom stereocenters. The molecule has 1 aromatic carbocycles. The van der Waals surface area contributed by atoms with Crippen LogP contribution in [-0.4, -0.2) is 20.6 Å². The highest BCUT2D eigenvalue weighted by Crippen LogP contribution is 2.28. The Morgan fingerprint density at radius 3 is 2.71 bits per heavy atom. The van der Waals surface area contributed by atoms with Gasteiger partial charge in [0.25, 0.3) is 0 Å². The molecular weight excluding hydrogens is 350 g/mol. The van der Waals surface area contributed by atoms with Gasteiger partial charge in [0.1, 0.15) is 5.76 Å². The molecule has 0 saturated carbocycles. The third-order valence-electron chi connectivity index (χ3n) is 5.69. The van der Waals surface area contributed by atoms with E-state index in [-0.39, 0.29) is 11.8 Å². The van der Waals surface area contributed by atoms with Gasteiger partial charge in [0.15, 0.2) is 0 Å². The van der Waals surface area contributed by atoms with Gasteiger partial charge in [-0.3, -0.25) is 9.48 Å². The second-order valence-electron chi connectivity index (χ2n) is 7.49. The molecule has 0 saturated heterocycles. The molecule has 0 bridgehead atoms. The lowest BCUT2D eigenvalue weighted by Crippen LogP contribution is -2.34. The van der Waals surface area contributed by atoms with Crippen molar-refractivity contribution >= 4 is 5.91 Å². The topological polar surface area (TPSA) is 51.3 Å². The van der Waals surface area contributed by atoms with Crippen LogP contribution in [0.4, 0.5) is 0 Å². The molecular formula is C23H27N3O2. The van der Waals surface area contributed by atoms with Crippen molar-refractivity contribution in [3.8, 4) is 0 Å². The number of nitrogens with zero attached hydrogens (tertiary/aromatic N) is 3. The number of hydrogen-bond donors (Lipinski definition) is 0. The van der Waals surface area contributed by atoms with Gasteiger partial charge in [-0.2, -0.15) is 5.10 Å². The molecule has 0 fully saturated rings. The van der Waals surface area contributed by atoms with Gasteiger partial charge < -0.3 is 9.32 Å². The van der Waals surface area contributed by atoms with Gasteiger partial charge in [-0.1, -0.05) is 37.3 Å². The Bertz CT molecular complexity index is 928. The van der Waals surface area contributed by atoms with Crippen LogP contribution in [-0.2, 0) is 37.8 Å². The minimum Gasteiger partial charge on any atom is -0.467 e. The smallest absolute Gasteiger partial charge is 0.230 e. The first-order valence-corrected chi connectivity index (χ1v) is 10.1. The fourth-order valence-electron chi connectivity index (χ4n) is 4.27. The van der Waals surface area contributed by atoms with E-state index in [4.69, 9.17) is 9.52 Å². The zero-order chi connectivity index (χ0) is 19.5. The fraction of sp³-hybridized carbons (Fsp3) is 0.391. The van der Waals surface area contributed by atoms with Gasteiger partial charge in [0, 0.05) is 12.7 Å². The van der Waals surface area contributed by atoms with Crippen LogP contribution in [0.1, 0.15) is 54.0 Å². The van der Waals surface area contributed by atoms with Gasteiger partial charge in [-0.15, -0.1) is 0 Å². The van der Waals surface area contributed by atoms with E-state index in [0.29, 0.717) is 13.1 Å². The molecule has 2 heterocycles. The second kappa shape index (κ2) is 8.05. The number of aromatic nitrogens is 2. The van der Waals surface area contributed by atoms with Crippen LogP contribution in [0, 0.1) is 0 Å². The molecule has 2 aromatic heterocycles. The van der Waals surface area contributed by atoms with Crippen molar-refractivity contribution in [3.05, 3.63) is 77.0 Å².